The van der Waals surface area contributed by atoms with Crippen LogP contribution in [0, 0.1) is 11.3 Å². The third-order valence-corrected chi connectivity index (χ3v) is 2.88. The number of aliphatic hydroxyl groups excluding tert-OH is 1. The highest BCUT2D eigenvalue weighted by molar-refractivity contribution is 6.31. The predicted molar refractivity (Wildman–Crippen MR) is 78.5 cm³/mol. The van der Waals surface area contributed by atoms with Crippen LogP contribution in [0.5, 0.6) is 0 Å². The third-order valence-electron chi connectivity index (χ3n) is 2.55. The Kier molecular flexibility index (Phi) is 6.42. The van der Waals surface area contributed by atoms with Gasteiger partial charge in [0.15, 0.2) is 0 Å². The molecule has 0 fully saturated rings. The number of nitrogens with zero attached hydrogens (tertiary/aromatic N) is 1. The van der Waals surface area contributed by atoms with Gasteiger partial charge in [-0.1, -0.05) is 11.6 Å². The highest BCUT2D eigenvalue weighted by Crippen LogP contribution is 2.36. The van der Waals surface area contributed by atoms with E-state index in [0.29, 0.717) is 6.07 Å². The number of nitriles is 1. The van der Waals surface area contributed by atoms with Crippen LogP contribution in [0.3, 0.4) is 0 Å². The summed E-state index contributed by atoms with van der Waals surface area (Å²) in [4.78, 5) is 11.8. The molecule has 124 valence electrons. The SMILES string of the molecule is CC(O)CN/C=C(/C#N)C(=O)Nc1ccc(Cl)c(C(F)(F)F)c1. The topological polar surface area (TPSA) is 85.2 Å². The van der Waals surface area contributed by atoms with Crippen LogP contribution < -0.4 is 10.6 Å². The maximum atomic E-state index is 12.7. The first-order chi connectivity index (χ1) is 10.6. The van der Waals surface area contributed by atoms with Gasteiger partial charge in [0.1, 0.15) is 11.6 Å². The Bertz CT molecular complexity index is 652. The van der Waals surface area contributed by atoms with Crippen molar-refractivity contribution in [3.63, 3.8) is 0 Å². The predicted octanol–water partition coefficient (Wildman–Crippen LogP) is 2.68. The van der Waals surface area contributed by atoms with Gasteiger partial charge in [0, 0.05) is 18.4 Å². The van der Waals surface area contributed by atoms with E-state index in [-0.39, 0.29) is 17.8 Å². The van der Waals surface area contributed by atoms with Crippen LogP contribution in [0.2, 0.25) is 5.02 Å². The first-order valence-corrected chi connectivity index (χ1v) is 6.72. The standard InChI is InChI=1S/C14H13ClF3N3O2/c1-8(22)6-20-7-9(5-19)13(23)21-10-2-3-12(15)11(4-10)14(16,17)18/h2-4,7-8,20,22H,6H2,1H3,(H,21,23)/b9-7-. The molecule has 1 aromatic carbocycles. The van der Waals surface area contributed by atoms with Crippen LogP contribution in [0.15, 0.2) is 30.0 Å². The minimum atomic E-state index is -4.66. The summed E-state index contributed by atoms with van der Waals surface area (Å²) < 4.78 is 38.2. The minimum absolute atomic E-state index is 0.109. The summed E-state index contributed by atoms with van der Waals surface area (Å²) in [6.07, 6.45) is -4.28. The molecule has 1 amide bonds. The van der Waals surface area contributed by atoms with Crippen LogP contribution in [0.25, 0.3) is 0 Å². The number of anilines is 1. The molecule has 0 radical (unpaired) electrons. The van der Waals surface area contributed by atoms with Gasteiger partial charge < -0.3 is 15.7 Å². The molecule has 0 saturated heterocycles. The van der Waals surface area contributed by atoms with Gasteiger partial charge in [-0.15, -0.1) is 0 Å². The van der Waals surface area contributed by atoms with E-state index in [9.17, 15) is 18.0 Å². The van der Waals surface area contributed by atoms with Gasteiger partial charge in [-0.3, -0.25) is 4.79 Å². The van der Waals surface area contributed by atoms with Crippen LogP contribution in [0.1, 0.15) is 12.5 Å². The van der Waals surface area contributed by atoms with Crippen molar-refractivity contribution in [3.8, 4) is 6.07 Å². The van der Waals surface area contributed by atoms with Crippen molar-refractivity contribution in [2.75, 3.05) is 11.9 Å². The average Bonchev–Trinajstić information content (AvgIpc) is 2.44. The van der Waals surface area contributed by atoms with E-state index in [0.717, 1.165) is 12.3 Å². The lowest BCUT2D eigenvalue weighted by atomic mass is 10.2. The molecule has 1 rings (SSSR count). The molecule has 5 nitrogen and oxygen atoms in total. The zero-order valence-corrected chi connectivity index (χ0v) is 12.7. The highest BCUT2D eigenvalue weighted by atomic mass is 35.5. The molecule has 1 atom stereocenters. The van der Waals surface area contributed by atoms with Crippen LogP contribution in [-0.2, 0) is 11.0 Å². The van der Waals surface area contributed by atoms with Crippen molar-refractivity contribution in [1.29, 1.82) is 5.26 Å². The number of hydrogen-bond acceptors (Lipinski definition) is 4. The second-order valence-electron chi connectivity index (χ2n) is 4.57. The van der Waals surface area contributed by atoms with Gasteiger partial charge in [0.2, 0.25) is 0 Å². The van der Waals surface area contributed by atoms with Gasteiger partial charge in [0.25, 0.3) is 5.91 Å². The molecule has 0 aromatic heterocycles. The lowest BCUT2D eigenvalue weighted by molar-refractivity contribution is -0.137. The fraction of sp³-hybridized carbons (Fsp3) is 0.286. The second-order valence-corrected chi connectivity index (χ2v) is 4.98. The molecule has 0 heterocycles. The Morgan fingerprint density at radius 3 is 2.70 bits per heavy atom. The van der Waals surface area contributed by atoms with Crippen molar-refractivity contribution in [2.45, 2.75) is 19.2 Å². The van der Waals surface area contributed by atoms with Crippen molar-refractivity contribution < 1.29 is 23.1 Å². The summed E-state index contributed by atoms with van der Waals surface area (Å²) in [5, 5.41) is 22.2. The molecule has 9 heteroatoms. The number of aliphatic hydroxyl groups is 1. The van der Waals surface area contributed by atoms with Gasteiger partial charge >= 0.3 is 6.18 Å². The van der Waals surface area contributed by atoms with Gasteiger partial charge in [0.05, 0.1) is 16.7 Å². The first-order valence-electron chi connectivity index (χ1n) is 6.35. The quantitative estimate of drug-likeness (QED) is 0.564. The van der Waals surface area contributed by atoms with Crippen molar-refractivity contribution in [3.05, 3.63) is 40.6 Å². The summed E-state index contributed by atoms with van der Waals surface area (Å²) in [6, 6.07) is 4.48. The number of hydrogen-bond donors (Lipinski definition) is 3. The Morgan fingerprint density at radius 2 is 2.17 bits per heavy atom. The minimum Gasteiger partial charge on any atom is -0.392 e. The molecule has 0 saturated carbocycles. The van der Waals surface area contributed by atoms with Gasteiger partial charge in [-0.25, -0.2) is 0 Å². The number of rotatable bonds is 5. The summed E-state index contributed by atoms with van der Waals surface area (Å²) in [6.45, 7) is 1.61. The number of halogens is 4. The summed E-state index contributed by atoms with van der Waals surface area (Å²) in [5.41, 5.74) is -1.59. The normalized spacial score (nSPS) is 13.2. The Morgan fingerprint density at radius 1 is 1.52 bits per heavy atom. The second kappa shape index (κ2) is 7.85. The fourth-order valence-corrected chi connectivity index (χ4v) is 1.72. The fourth-order valence-electron chi connectivity index (χ4n) is 1.50. The first kappa shape index (κ1) is 18.8. The molecular weight excluding hydrogens is 335 g/mol. The molecule has 0 spiro atoms. The Labute approximate surface area is 135 Å². The molecule has 0 aliphatic heterocycles. The Balaban J connectivity index is 2.90. The maximum Gasteiger partial charge on any atom is 0.417 e. The molecule has 0 aliphatic carbocycles. The van der Waals surface area contributed by atoms with Crippen LogP contribution in [-0.4, -0.2) is 23.7 Å². The van der Waals surface area contributed by atoms with Gasteiger partial charge in [-0.05, 0) is 25.1 Å². The number of amides is 1. The largest absolute Gasteiger partial charge is 0.417 e. The molecule has 1 aromatic rings. The zero-order chi connectivity index (χ0) is 17.6. The number of nitrogens with one attached hydrogen (secondary N) is 2. The third kappa shape index (κ3) is 5.81. The van der Waals surface area contributed by atoms with E-state index >= 15 is 0 Å². The Hall–Kier alpha value is -2.24. The number of alkyl halides is 3. The van der Waals surface area contributed by atoms with E-state index in [2.05, 4.69) is 10.6 Å². The summed E-state index contributed by atoms with van der Waals surface area (Å²) >= 11 is 5.48. The van der Waals surface area contributed by atoms with Crippen molar-refractivity contribution >= 4 is 23.2 Å². The highest BCUT2D eigenvalue weighted by Gasteiger charge is 2.33. The molecule has 0 aliphatic rings. The lowest BCUT2D eigenvalue weighted by Gasteiger charge is -2.11. The lowest BCUT2D eigenvalue weighted by Crippen LogP contribution is -2.22. The monoisotopic (exact) mass is 347 g/mol. The van der Waals surface area contributed by atoms with Crippen molar-refractivity contribution in [2.24, 2.45) is 0 Å². The maximum absolute atomic E-state index is 12.7. The van der Waals surface area contributed by atoms with E-state index in [1.165, 1.54) is 13.0 Å². The van der Waals surface area contributed by atoms with Gasteiger partial charge in [-0.2, -0.15) is 18.4 Å². The zero-order valence-electron chi connectivity index (χ0n) is 11.9. The number of carbonyl (C=O) groups excluding carboxylic acids is 1. The summed E-state index contributed by atoms with van der Waals surface area (Å²) in [7, 11) is 0. The smallest absolute Gasteiger partial charge is 0.392 e. The molecular formula is C14H13ClF3N3O2. The molecule has 0 bridgehead atoms. The summed E-state index contributed by atoms with van der Waals surface area (Å²) in [5.74, 6) is -0.888. The van der Waals surface area contributed by atoms with E-state index < -0.39 is 28.8 Å². The molecule has 23 heavy (non-hydrogen) atoms. The average molecular weight is 348 g/mol. The number of carbonyl (C=O) groups is 1. The van der Waals surface area contributed by atoms with E-state index in [1.807, 2.05) is 0 Å². The van der Waals surface area contributed by atoms with Crippen LogP contribution >= 0.6 is 11.6 Å². The van der Waals surface area contributed by atoms with Crippen LogP contribution in [0.4, 0.5) is 18.9 Å². The number of benzene rings is 1. The molecule has 3 N–H and O–H groups in total. The van der Waals surface area contributed by atoms with E-state index in [4.69, 9.17) is 22.0 Å². The van der Waals surface area contributed by atoms with Crippen molar-refractivity contribution in [1.82, 2.24) is 5.32 Å². The van der Waals surface area contributed by atoms with E-state index in [1.54, 1.807) is 6.07 Å². The molecule has 1 unspecified atom stereocenters.